The van der Waals surface area contributed by atoms with Crippen molar-refractivity contribution < 1.29 is 9.53 Å². The van der Waals surface area contributed by atoms with E-state index < -0.39 is 0 Å². The summed E-state index contributed by atoms with van der Waals surface area (Å²) in [7, 11) is 3.30. The minimum Gasteiger partial charge on any atom is -0.468 e. The number of carbonyl (C=O) groups is 1. The first-order valence-corrected chi connectivity index (χ1v) is 4.86. The molecule has 4 heteroatoms. The Morgan fingerprint density at radius 3 is 3.00 bits per heavy atom. The summed E-state index contributed by atoms with van der Waals surface area (Å²) in [6.07, 6.45) is 4.48. The van der Waals surface area contributed by atoms with Gasteiger partial charge in [0.15, 0.2) is 0 Å². The molecule has 0 aliphatic rings. The lowest BCUT2D eigenvalue weighted by molar-refractivity contribution is -0.141. The number of pyridine rings is 1. The lowest BCUT2D eigenvalue weighted by Gasteiger charge is -2.14. The molecular weight excluding hydrogens is 192 g/mol. The lowest BCUT2D eigenvalue weighted by atomic mass is 10.2. The molecule has 4 nitrogen and oxygen atoms in total. The number of carbonyl (C=O) groups excluding carboxylic acids is 1. The van der Waals surface area contributed by atoms with E-state index in [4.69, 9.17) is 0 Å². The number of rotatable bonds is 5. The van der Waals surface area contributed by atoms with Crippen LogP contribution in [0.25, 0.3) is 0 Å². The third-order valence-electron chi connectivity index (χ3n) is 2.13. The highest BCUT2D eigenvalue weighted by atomic mass is 16.5. The molecule has 0 amide bonds. The van der Waals surface area contributed by atoms with Gasteiger partial charge in [-0.25, -0.2) is 0 Å². The van der Waals surface area contributed by atoms with E-state index in [2.05, 4.69) is 9.72 Å². The Morgan fingerprint density at radius 2 is 2.40 bits per heavy atom. The number of aromatic nitrogens is 1. The normalized spacial score (nSPS) is 10.3. The molecule has 1 aromatic heterocycles. The van der Waals surface area contributed by atoms with Crippen molar-refractivity contribution in [3.05, 3.63) is 30.1 Å². The highest BCUT2D eigenvalue weighted by Crippen LogP contribution is 1.98. The maximum absolute atomic E-state index is 11.0. The summed E-state index contributed by atoms with van der Waals surface area (Å²) in [5.74, 6) is -0.205. The number of hydrogen-bond donors (Lipinski definition) is 0. The number of ether oxygens (including phenoxy) is 1. The molecule has 82 valence electrons. The van der Waals surface area contributed by atoms with Crippen LogP contribution >= 0.6 is 0 Å². The molecular formula is C11H16N2O2. The summed E-state index contributed by atoms with van der Waals surface area (Å²) < 4.78 is 4.58. The molecule has 0 radical (unpaired) electrons. The van der Waals surface area contributed by atoms with Gasteiger partial charge in [-0.2, -0.15) is 0 Å². The first-order chi connectivity index (χ1) is 7.22. The molecule has 0 aromatic carbocycles. The van der Waals surface area contributed by atoms with Gasteiger partial charge < -0.3 is 4.74 Å². The van der Waals surface area contributed by atoms with Gasteiger partial charge in [0.05, 0.1) is 13.7 Å². The van der Waals surface area contributed by atoms with Crippen LogP contribution in [0.3, 0.4) is 0 Å². The van der Waals surface area contributed by atoms with Crippen molar-refractivity contribution in [2.75, 3.05) is 27.2 Å². The van der Waals surface area contributed by atoms with E-state index in [1.165, 1.54) is 12.7 Å². The third-order valence-corrected chi connectivity index (χ3v) is 2.13. The Labute approximate surface area is 89.9 Å². The Morgan fingerprint density at radius 1 is 1.60 bits per heavy atom. The maximum atomic E-state index is 11.0. The van der Waals surface area contributed by atoms with E-state index in [-0.39, 0.29) is 5.97 Å². The summed E-state index contributed by atoms with van der Waals surface area (Å²) in [6.45, 7) is 1.15. The van der Waals surface area contributed by atoms with Crippen LogP contribution in [-0.2, 0) is 16.0 Å². The van der Waals surface area contributed by atoms with Crippen LogP contribution < -0.4 is 0 Å². The molecule has 0 unspecified atom stereocenters. The molecule has 0 aliphatic heterocycles. The zero-order valence-corrected chi connectivity index (χ0v) is 9.14. The number of esters is 1. The van der Waals surface area contributed by atoms with Gasteiger partial charge in [-0.15, -0.1) is 0 Å². The first kappa shape index (κ1) is 11.7. The average Bonchev–Trinajstić information content (AvgIpc) is 2.27. The van der Waals surface area contributed by atoms with Crippen LogP contribution in [0.2, 0.25) is 0 Å². The Balaban J connectivity index is 2.28. The summed E-state index contributed by atoms with van der Waals surface area (Å²) >= 11 is 0. The molecule has 0 saturated heterocycles. The number of nitrogens with zero attached hydrogens (tertiary/aromatic N) is 2. The van der Waals surface area contributed by atoms with Crippen LogP contribution in [0.15, 0.2) is 24.5 Å². The fourth-order valence-electron chi connectivity index (χ4n) is 1.23. The van der Waals surface area contributed by atoms with E-state index in [0.717, 1.165) is 13.0 Å². The van der Waals surface area contributed by atoms with E-state index in [0.29, 0.717) is 6.54 Å². The summed E-state index contributed by atoms with van der Waals surface area (Å²) in [5.41, 5.74) is 1.18. The average molecular weight is 208 g/mol. The van der Waals surface area contributed by atoms with Gasteiger partial charge in [0.1, 0.15) is 0 Å². The van der Waals surface area contributed by atoms with Gasteiger partial charge in [0, 0.05) is 18.9 Å². The molecule has 0 spiro atoms. The highest BCUT2D eigenvalue weighted by Gasteiger charge is 2.05. The van der Waals surface area contributed by atoms with E-state index in [9.17, 15) is 4.79 Å². The second-order valence-corrected chi connectivity index (χ2v) is 3.43. The molecule has 15 heavy (non-hydrogen) atoms. The van der Waals surface area contributed by atoms with Crippen molar-refractivity contribution in [2.45, 2.75) is 6.42 Å². The predicted octanol–water partition coefficient (Wildman–Crippen LogP) is 0.729. The number of hydrogen-bond acceptors (Lipinski definition) is 4. The van der Waals surface area contributed by atoms with Gasteiger partial charge in [-0.1, -0.05) is 6.07 Å². The second-order valence-electron chi connectivity index (χ2n) is 3.43. The van der Waals surface area contributed by atoms with E-state index in [1.54, 1.807) is 6.20 Å². The molecule has 0 fully saturated rings. The largest absolute Gasteiger partial charge is 0.468 e. The van der Waals surface area contributed by atoms with Crippen LogP contribution in [0.1, 0.15) is 5.56 Å². The number of methoxy groups -OCH3 is 1. The summed E-state index contributed by atoms with van der Waals surface area (Å²) in [6, 6.07) is 3.94. The van der Waals surface area contributed by atoms with Crippen LogP contribution in [-0.4, -0.2) is 43.1 Å². The third kappa shape index (κ3) is 4.56. The zero-order valence-electron chi connectivity index (χ0n) is 9.14. The van der Waals surface area contributed by atoms with Crippen molar-refractivity contribution in [3.8, 4) is 0 Å². The van der Waals surface area contributed by atoms with Crippen molar-refractivity contribution in [2.24, 2.45) is 0 Å². The van der Waals surface area contributed by atoms with Crippen molar-refractivity contribution in [3.63, 3.8) is 0 Å². The highest BCUT2D eigenvalue weighted by molar-refractivity contribution is 5.71. The molecule has 0 saturated carbocycles. The monoisotopic (exact) mass is 208 g/mol. The molecule has 1 aromatic rings. The Kier molecular flexibility index (Phi) is 4.77. The van der Waals surface area contributed by atoms with E-state index in [1.807, 2.05) is 30.3 Å². The van der Waals surface area contributed by atoms with Crippen molar-refractivity contribution in [1.82, 2.24) is 9.88 Å². The van der Waals surface area contributed by atoms with Crippen LogP contribution in [0.5, 0.6) is 0 Å². The minimum absolute atomic E-state index is 0.205. The Hall–Kier alpha value is -1.42. The van der Waals surface area contributed by atoms with Crippen molar-refractivity contribution >= 4 is 5.97 Å². The topological polar surface area (TPSA) is 42.4 Å². The minimum atomic E-state index is -0.205. The first-order valence-electron chi connectivity index (χ1n) is 4.86. The smallest absolute Gasteiger partial charge is 0.319 e. The zero-order chi connectivity index (χ0) is 11.1. The van der Waals surface area contributed by atoms with Gasteiger partial charge in [-0.05, 0) is 25.1 Å². The van der Waals surface area contributed by atoms with Gasteiger partial charge in [-0.3, -0.25) is 14.7 Å². The molecule has 1 rings (SSSR count). The van der Waals surface area contributed by atoms with Crippen LogP contribution in [0, 0.1) is 0 Å². The molecule has 0 bridgehead atoms. The predicted molar refractivity (Wildman–Crippen MR) is 57.5 cm³/mol. The standard InChI is InChI=1S/C11H16N2O2/c1-13(9-11(14)15-2)7-5-10-4-3-6-12-8-10/h3-4,6,8H,5,7,9H2,1-2H3. The molecule has 1 heterocycles. The maximum Gasteiger partial charge on any atom is 0.319 e. The SMILES string of the molecule is COC(=O)CN(C)CCc1cccnc1. The fraction of sp³-hybridized carbons (Fsp3) is 0.455. The van der Waals surface area contributed by atoms with Crippen LogP contribution in [0.4, 0.5) is 0 Å². The second kappa shape index (κ2) is 6.14. The molecule has 0 atom stereocenters. The fourth-order valence-corrected chi connectivity index (χ4v) is 1.23. The van der Waals surface area contributed by atoms with Crippen molar-refractivity contribution in [1.29, 1.82) is 0 Å². The quantitative estimate of drug-likeness (QED) is 0.669. The lowest BCUT2D eigenvalue weighted by Crippen LogP contribution is -2.28. The van der Waals surface area contributed by atoms with Gasteiger partial charge in [0.2, 0.25) is 0 Å². The molecule has 0 N–H and O–H groups in total. The summed E-state index contributed by atoms with van der Waals surface area (Å²) in [4.78, 5) is 16.9. The van der Waals surface area contributed by atoms with Gasteiger partial charge in [0.25, 0.3) is 0 Å². The molecule has 0 aliphatic carbocycles. The summed E-state index contributed by atoms with van der Waals surface area (Å²) in [5, 5.41) is 0. The van der Waals surface area contributed by atoms with E-state index >= 15 is 0 Å². The Bertz CT molecular complexity index is 301. The number of likely N-dealkylation sites (N-methyl/N-ethyl adjacent to an activating group) is 1. The van der Waals surface area contributed by atoms with Gasteiger partial charge >= 0.3 is 5.97 Å².